The van der Waals surface area contributed by atoms with Crippen LogP contribution in [0.4, 0.5) is 0 Å². The number of fused-ring (bicyclic) bond motifs is 1. The van der Waals surface area contributed by atoms with Gasteiger partial charge >= 0.3 is 0 Å². The third kappa shape index (κ3) is 2.26. The fourth-order valence-corrected chi connectivity index (χ4v) is 4.22. The largest absolute Gasteiger partial charge is 0.294 e. The maximum absolute atomic E-state index is 12.7. The van der Waals surface area contributed by atoms with Crippen molar-refractivity contribution in [2.45, 2.75) is 32.1 Å². The van der Waals surface area contributed by atoms with Crippen LogP contribution >= 0.6 is 15.9 Å². The molecule has 1 aromatic carbocycles. The number of halogens is 1. The fourth-order valence-electron chi connectivity index (χ4n) is 3.84. The van der Waals surface area contributed by atoms with Crippen molar-refractivity contribution in [3.05, 3.63) is 56.4 Å². The average Bonchev–Trinajstić information content (AvgIpc) is 2.75. The van der Waals surface area contributed by atoms with Crippen LogP contribution in [0.2, 0.25) is 0 Å². The Balaban J connectivity index is 1.76. The quantitative estimate of drug-likeness (QED) is 0.707. The number of Topliss-reactive ketones (excluding diaryl/α,β-unsaturated/α-hetero) is 1. The number of allylic oxidation sites excluding steroid dienone is 4. The number of rotatable bonds is 0. The summed E-state index contributed by atoms with van der Waals surface area (Å²) in [7, 11) is 0. The topological polar surface area (TPSA) is 17.1 Å². The second-order valence-corrected chi connectivity index (χ2v) is 7.27. The Morgan fingerprint density at radius 3 is 2.86 bits per heavy atom. The standard InChI is InChI=1S/C19H17BrO/c20-16-6-5-14-10-19(11-15(14)9-16)8-7-13-3-1-2-4-17(13)18(21)12-19/h2,4-6,9-11H,1,3,7-8,12H2/t19-/m1/s1. The van der Waals surface area contributed by atoms with Gasteiger partial charge in [-0.05, 0) is 48.3 Å². The molecule has 1 atom stereocenters. The van der Waals surface area contributed by atoms with Crippen LogP contribution in [0, 0.1) is 5.41 Å². The fraction of sp³-hybridized carbons (Fsp3) is 0.316. The minimum atomic E-state index is -0.0780. The molecule has 106 valence electrons. The maximum Gasteiger partial charge on any atom is 0.163 e. The second-order valence-electron chi connectivity index (χ2n) is 6.35. The van der Waals surface area contributed by atoms with Gasteiger partial charge in [-0.2, -0.15) is 0 Å². The summed E-state index contributed by atoms with van der Waals surface area (Å²) in [4.78, 5) is 12.7. The van der Waals surface area contributed by atoms with Crippen LogP contribution in [0.3, 0.4) is 0 Å². The molecule has 0 heterocycles. The van der Waals surface area contributed by atoms with Crippen molar-refractivity contribution >= 4 is 33.9 Å². The number of hydrogen-bond donors (Lipinski definition) is 0. The first-order valence-corrected chi connectivity index (χ1v) is 8.38. The summed E-state index contributed by atoms with van der Waals surface area (Å²) in [6.07, 6.45) is 13.7. The molecule has 4 rings (SSSR count). The van der Waals surface area contributed by atoms with Gasteiger partial charge in [0.05, 0.1) is 0 Å². The van der Waals surface area contributed by atoms with E-state index in [1.165, 1.54) is 16.0 Å². The third-order valence-corrected chi connectivity index (χ3v) is 5.39. The molecule has 0 unspecified atom stereocenters. The van der Waals surface area contributed by atoms with Crippen LogP contribution in [0.5, 0.6) is 0 Å². The number of benzene rings is 1. The van der Waals surface area contributed by atoms with Gasteiger partial charge in [0.2, 0.25) is 0 Å². The number of hydrogen-bond acceptors (Lipinski definition) is 1. The Bertz CT molecular complexity index is 812. The second kappa shape index (κ2) is 4.81. The van der Waals surface area contributed by atoms with Crippen LogP contribution < -0.4 is 10.4 Å². The minimum Gasteiger partial charge on any atom is -0.294 e. The van der Waals surface area contributed by atoms with Gasteiger partial charge in [-0.15, -0.1) is 0 Å². The first kappa shape index (κ1) is 13.3. The van der Waals surface area contributed by atoms with Gasteiger partial charge < -0.3 is 0 Å². The lowest BCUT2D eigenvalue weighted by Crippen LogP contribution is -2.19. The summed E-state index contributed by atoms with van der Waals surface area (Å²) >= 11 is 3.54. The van der Waals surface area contributed by atoms with E-state index in [0.29, 0.717) is 12.2 Å². The van der Waals surface area contributed by atoms with Gasteiger partial charge in [-0.25, -0.2) is 0 Å². The number of carbonyl (C=O) groups is 1. The van der Waals surface area contributed by atoms with E-state index in [9.17, 15) is 4.79 Å². The molecular formula is C19H17BrO. The first-order valence-electron chi connectivity index (χ1n) is 7.58. The van der Waals surface area contributed by atoms with Crippen molar-refractivity contribution in [3.63, 3.8) is 0 Å². The van der Waals surface area contributed by atoms with Crippen LogP contribution in [0.15, 0.2) is 46.0 Å². The van der Waals surface area contributed by atoms with E-state index >= 15 is 0 Å². The van der Waals surface area contributed by atoms with Crippen molar-refractivity contribution < 1.29 is 4.79 Å². The Hall–Kier alpha value is -1.41. The predicted octanol–water partition coefficient (Wildman–Crippen LogP) is 3.41. The highest BCUT2D eigenvalue weighted by Crippen LogP contribution is 2.41. The molecule has 0 N–H and O–H groups in total. The lowest BCUT2D eigenvalue weighted by molar-refractivity contribution is -0.116. The van der Waals surface area contributed by atoms with E-state index in [2.05, 4.69) is 58.4 Å². The molecule has 0 fully saturated rings. The van der Waals surface area contributed by atoms with Gasteiger partial charge in [0.15, 0.2) is 5.78 Å². The van der Waals surface area contributed by atoms with Crippen molar-refractivity contribution in [2.24, 2.45) is 5.41 Å². The zero-order valence-electron chi connectivity index (χ0n) is 11.9. The Morgan fingerprint density at radius 1 is 1.10 bits per heavy atom. The number of ketones is 1. The summed E-state index contributed by atoms with van der Waals surface area (Å²) in [5.41, 5.74) is 2.29. The summed E-state index contributed by atoms with van der Waals surface area (Å²) < 4.78 is 1.10. The lowest BCUT2D eigenvalue weighted by atomic mass is 9.80. The molecule has 1 spiro atoms. The van der Waals surface area contributed by atoms with Crippen molar-refractivity contribution in [1.82, 2.24) is 0 Å². The molecule has 0 bridgehead atoms. The Kier molecular flexibility index (Phi) is 3.04. The molecule has 1 aromatic rings. The first-order chi connectivity index (χ1) is 10.2. The lowest BCUT2D eigenvalue weighted by Gasteiger charge is -2.22. The predicted molar refractivity (Wildman–Crippen MR) is 89.0 cm³/mol. The zero-order chi connectivity index (χ0) is 14.4. The molecule has 3 aliphatic carbocycles. The van der Waals surface area contributed by atoms with Crippen molar-refractivity contribution in [3.8, 4) is 0 Å². The molecule has 21 heavy (non-hydrogen) atoms. The summed E-state index contributed by atoms with van der Waals surface area (Å²) in [5.74, 6) is 0.317. The molecule has 0 amide bonds. The van der Waals surface area contributed by atoms with Gasteiger partial charge in [0.25, 0.3) is 0 Å². The highest BCUT2D eigenvalue weighted by molar-refractivity contribution is 9.10. The zero-order valence-corrected chi connectivity index (χ0v) is 13.4. The monoisotopic (exact) mass is 340 g/mol. The van der Waals surface area contributed by atoms with Crippen LogP contribution in [0.1, 0.15) is 32.1 Å². The average molecular weight is 341 g/mol. The third-order valence-electron chi connectivity index (χ3n) is 4.90. The summed E-state index contributed by atoms with van der Waals surface area (Å²) in [6, 6.07) is 6.38. The van der Waals surface area contributed by atoms with Crippen LogP contribution in [-0.4, -0.2) is 5.78 Å². The van der Waals surface area contributed by atoms with E-state index in [1.807, 2.05) is 0 Å². The molecule has 0 aromatic heterocycles. The van der Waals surface area contributed by atoms with Gasteiger partial charge in [0, 0.05) is 21.9 Å². The molecular weight excluding hydrogens is 324 g/mol. The van der Waals surface area contributed by atoms with Crippen molar-refractivity contribution in [2.75, 3.05) is 0 Å². The minimum absolute atomic E-state index is 0.0780. The molecule has 1 nitrogen and oxygen atoms in total. The molecule has 0 saturated heterocycles. The molecule has 3 aliphatic rings. The highest BCUT2D eigenvalue weighted by Gasteiger charge is 2.35. The SMILES string of the molecule is O=C1C[C@@]2(C=c3ccc(Br)cc3=C2)CCC2=C1C=CCC2. The van der Waals surface area contributed by atoms with Crippen LogP contribution in [0.25, 0.3) is 12.2 Å². The van der Waals surface area contributed by atoms with Gasteiger partial charge in [-0.3, -0.25) is 4.79 Å². The number of carbonyl (C=O) groups excluding carboxylic acids is 1. The van der Waals surface area contributed by atoms with Crippen molar-refractivity contribution in [1.29, 1.82) is 0 Å². The Labute approximate surface area is 132 Å². The van der Waals surface area contributed by atoms with Gasteiger partial charge in [0.1, 0.15) is 0 Å². The van der Waals surface area contributed by atoms with Gasteiger partial charge in [-0.1, -0.05) is 51.9 Å². The highest BCUT2D eigenvalue weighted by atomic mass is 79.9. The van der Waals surface area contributed by atoms with E-state index in [1.54, 1.807) is 0 Å². The molecule has 2 heteroatoms. The molecule has 0 aliphatic heterocycles. The summed E-state index contributed by atoms with van der Waals surface area (Å²) in [5, 5.41) is 2.52. The van der Waals surface area contributed by atoms with E-state index in [-0.39, 0.29) is 5.41 Å². The molecule has 0 saturated carbocycles. The Morgan fingerprint density at radius 2 is 1.95 bits per heavy atom. The van der Waals surface area contributed by atoms with Crippen LogP contribution in [-0.2, 0) is 4.79 Å². The summed E-state index contributed by atoms with van der Waals surface area (Å²) in [6.45, 7) is 0. The van der Waals surface area contributed by atoms with E-state index in [0.717, 1.165) is 35.7 Å². The van der Waals surface area contributed by atoms with E-state index < -0.39 is 0 Å². The normalized spacial score (nSPS) is 27.0. The maximum atomic E-state index is 12.7. The smallest absolute Gasteiger partial charge is 0.163 e. The molecule has 0 radical (unpaired) electrons. The van der Waals surface area contributed by atoms with E-state index in [4.69, 9.17) is 0 Å².